The fourth-order valence-corrected chi connectivity index (χ4v) is 3.95. The van der Waals surface area contributed by atoms with Crippen LogP contribution in [0.15, 0.2) is 29.6 Å². The van der Waals surface area contributed by atoms with E-state index in [-0.39, 0.29) is 16.2 Å². The first kappa shape index (κ1) is 17.9. The van der Waals surface area contributed by atoms with Crippen LogP contribution in [-0.2, 0) is 0 Å². The number of hydrogen-bond donors (Lipinski definition) is 1. The predicted octanol–water partition coefficient (Wildman–Crippen LogP) is 5.69. The van der Waals surface area contributed by atoms with Crippen molar-refractivity contribution in [2.75, 3.05) is 5.32 Å². The van der Waals surface area contributed by atoms with Gasteiger partial charge in [0.1, 0.15) is 10.3 Å². The van der Waals surface area contributed by atoms with Crippen molar-refractivity contribution in [1.29, 1.82) is 0 Å². The number of carbonyl (C=O) groups excluding carboxylic acids is 1. The molecule has 1 aromatic carbocycles. The molecule has 0 aliphatic rings. The molecule has 1 N–H and O–H groups in total. The van der Waals surface area contributed by atoms with Crippen LogP contribution in [0.4, 0.5) is 5.13 Å². The molecule has 3 rings (SSSR count). The molecular formula is C18H15Cl2N3OS. The third-order valence-electron chi connectivity index (χ3n) is 3.68. The molecule has 2 aromatic heterocycles. The number of benzene rings is 1. The minimum atomic E-state index is -0.329. The molecule has 0 saturated carbocycles. The molecule has 0 spiro atoms. The van der Waals surface area contributed by atoms with E-state index in [9.17, 15) is 4.79 Å². The molecule has 1 amide bonds. The lowest BCUT2D eigenvalue weighted by Crippen LogP contribution is -2.12. The number of amides is 1. The number of carbonyl (C=O) groups is 1. The second kappa shape index (κ2) is 7.12. The Morgan fingerprint density at radius 2 is 1.60 bits per heavy atom. The van der Waals surface area contributed by atoms with Crippen molar-refractivity contribution in [3.05, 3.63) is 62.2 Å². The predicted molar refractivity (Wildman–Crippen MR) is 104 cm³/mol. The molecule has 128 valence electrons. The van der Waals surface area contributed by atoms with Crippen molar-refractivity contribution in [2.45, 2.75) is 20.8 Å². The van der Waals surface area contributed by atoms with Gasteiger partial charge < -0.3 is 0 Å². The lowest BCUT2D eigenvalue weighted by Gasteiger charge is -2.08. The van der Waals surface area contributed by atoms with E-state index in [0.29, 0.717) is 10.7 Å². The molecule has 0 aliphatic carbocycles. The Morgan fingerprint density at radius 1 is 1.00 bits per heavy atom. The molecule has 2 heterocycles. The summed E-state index contributed by atoms with van der Waals surface area (Å²) in [6, 6.07) is 7.18. The van der Waals surface area contributed by atoms with Gasteiger partial charge in [-0.3, -0.25) is 10.1 Å². The van der Waals surface area contributed by atoms with Gasteiger partial charge in [0.2, 0.25) is 0 Å². The number of nitrogens with zero attached hydrogens (tertiary/aromatic N) is 2. The summed E-state index contributed by atoms with van der Waals surface area (Å²) in [7, 11) is 0. The zero-order valence-corrected chi connectivity index (χ0v) is 16.2. The molecule has 0 radical (unpaired) electrons. The first-order chi connectivity index (χ1) is 11.8. The fraction of sp³-hybridized carbons (Fsp3) is 0.167. The van der Waals surface area contributed by atoms with Gasteiger partial charge in [0, 0.05) is 16.5 Å². The number of halogens is 2. The number of pyridine rings is 1. The number of rotatable bonds is 3. The van der Waals surface area contributed by atoms with Gasteiger partial charge in [-0.1, -0.05) is 40.9 Å². The largest absolute Gasteiger partial charge is 0.298 e. The van der Waals surface area contributed by atoms with E-state index in [0.717, 1.165) is 22.4 Å². The first-order valence-electron chi connectivity index (χ1n) is 7.51. The minimum absolute atomic E-state index is 0.170. The summed E-state index contributed by atoms with van der Waals surface area (Å²) in [5, 5.41) is 5.57. The van der Waals surface area contributed by atoms with Crippen LogP contribution in [0.3, 0.4) is 0 Å². The highest BCUT2D eigenvalue weighted by Crippen LogP contribution is 2.31. The topological polar surface area (TPSA) is 54.9 Å². The molecular weight excluding hydrogens is 377 g/mol. The van der Waals surface area contributed by atoms with Gasteiger partial charge in [-0.05, 0) is 44.0 Å². The van der Waals surface area contributed by atoms with Gasteiger partial charge in [0.05, 0.1) is 5.69 Å². The van der Waals surface area contributed by atoms with Crippen LogP contribution in [0, 0.1) is 20.8 Å². The van der Waals surface area contributed by atoms with Crippen LogP contribution in [0.25, 0.3) is 11.3 Å². The van der Waals surface area contributed by atoms with E-state index in [1.54, 1.807) is 0 Å². The van der Waals surface area contributed by atoms with E-state index in [1.807, 2.05) is 5.38 Å². The summed E-state index contributed by atoms with van der Waals surface area (Å²) in [5.41, 5.74) is 5.82. The van der Waals surface area contributed by atoms with Crippen molar-refractivity contribution in [1.82, 2.24) is 9.97 Å². The van der Waals surface area contributed by atoms with Gasteiger partial charge in [-0.15, -0.1) is 11.3 Å². The third kappa shape index (κ3) is 4.00. The molecule has 0 aliphatic heterocycles. The Kier molecular flexibility index (Phi) is 5.08. The summed E-state index contributed by atoms with van der Waals surface area (Å²) in [4.78, 5) is 20.7. The van der Waals surface area contributed by atoms with Crippen LogP contribution >= 0.6 is 34.5 Å². The van der Waals surface area contributed by atoms with E-state index < -0.39 is 0 Å². The lowest BCUT2D eigenvalue weighted by atomic mass is 9.98. The van der Waals surface area contributed by atoms with Gasteiger partial charge in [-0.25, -0.2) is 9.97 Å². The van der Waals surface area contributed by atoms with Crippen molar-refractivity contribution < 1.29 is 4.79 Å². The van der Waals surface area contributed by atoms with Crippen LogP contribution in [-0.4, -0.2) is 15.9 Å². The highest BCUT2D eigenvalue weighted by Gasteiger charge is 2.14. The molecule has 0 fully saturated rings. The van der Waals surface area contributed by atoms with Crippen LogP contribution in [0.1, 0.15) is 27.0 Å². The molecule has 25 heavy (non-hydrogen) atoms. The standard InChI is InChI=1S/C18H15Cl2N3OS/c1-9-4-10(2)16(11(3)5-9)13-8-25-18(21-13)23-17(24)12-6-14(19)22-15(20)7-12/h4-8H,1-3H3,(H,21,23,24). The zero-order valence-electron chi connectivity index (χ0n) is 13.9. The van der Waals surface area contributed by atoms with Crippen LogP contribution < -0.4 is 5.32 Å². The first-order valence-corrected chi connectivity index (χ1v) is 9.15. The molecule has 3 aromatic rings. The highest BCUT2D eigenvalue weighted by molar-refractivity contribution is 7.14. The van der Waals surface area contributed by atoms with E-state index in [2.05, 4.69) is 48.2 Å². The highest BCUT2D eigenvalue weighted by atomic mass is 35.5. The van der Waals surface area contributed by atoms with Crippen LogP contribution in [0.2, 0.25) is 10.3 Å². The Morgan fingerprint density at radius 3 is 2.20 bits per heavy atom. The normalized spacial score (nSPS) is 10.8. The number of aryl methyl sites for hydroxylation is 3. The Bertz CT molecular complexity index is 925. The van der Waals surface area contributed by atoms with Crippen LogP contribution in [0.5, 0.6) is 0 Å². The number of aromatic nitrogens is 2. The number of thiazole rings is 1. The Hall–Kier alpha value is -1.95. The zero-order chi connectivity index (χ0) is 18.1. The van der Waals surface area contributed by atoms with E-state index >= 15 is 0 Å². The molecule has 0 atom stereocenters. The van der Waals surface area contributed by atoms with Crippen molar-refractivity contribution in [3.63, 3.8) is 0 Å². The summed E-state index contributed by atoms with van der Waals surface area (Å²) in [5.74, 6) is -0.329. The molecule has 0 saturated heterocycles. The van der Waals surface area contributed by atoms with Gasteiger partial charge in [0.25, 0.3) is 5.91 Å². The quantitative estimate of drug-likeness (QED) is 0.583. The van der Waals surface area contributed by atoms with Gasteiger partial charge in [0.15, 0.2) is 5.13 Å². The number of anilines is 1. The number of nitrogens with one attached hydrogen (secondary N) is 1. The van der Waals surface area contributed by atoms with Crippen molar-refractivity contribution >= 4 is 45.6 Å². The average molecular weight is 392 g/mol. The maximum Gasteiger partial charge on any atom is 0.257 e. The molecule has 0 unspecified atom stereocenters. The summed E-state index contributed by atoms with van der Waals surface area (Å²) >= 11 is 13.1. The van der Waals surface area contributed by atoms with Gasteiger partial charge >= 0.3 is 0 Å². The minimum Gasteiger partial charge on any atom is -0.298 e. The maximum absolute atomic E-state index is 12.4. The monoisotopic (exact) mass is 391 g/mol. The second-order valence-corrected chi connectivity index (χ2v) is 7.40. The summed E-state index contributed by atoms with van der Waals surface area (Å²) < 4.78 is 0. The van der Waals surface area contributed by atoms with E-state index in [4.69, 9.17) is 23.2 Å². The fourth-order valence-electron chi connectivity index (χ4n) is 2.80. The van der Waals surface area contributed by atoms with Crippen molar-refractivity contribution in [2.24, 2.45) is 0 Å². The second-order valence-electron chi connectivity index (χ2n) is 5.77. The summed E-state index contributed by atoms with van der Waals surface area (Å²) in [6.07, 6.45) is 0. The Balaban J connectivity index is 1.86. The van der Waals surface area contributed by atoms with E-state index in [1.165, 1.54) is 29.0 Å². The maximum atomic E-state index is 12.4. The number of hydrogen-bond acceptors (Lipinski definition) is 4. The SMILES string of the molecule is Cc1cc(C)c(-c2csc(NC(=O)c3cc(Cl)nc(Cl)c3)n2)c(C)c1. The average Bonchev–Trinajstić information content (AvgIpc) is 2.93. The smallest absolute Gasteiger partial charge is 0.257 e. The Labute approximate surface area is 159 Å². The molecule has 7 heteroatoms. The molecule has 4 nitrogen and oxygen atoms in total. The van der Waals surface area contributed by atoms with Crippen molar-refractivity contribution in [3.8, 4) is 11.3 Å². The lowest BCUT2D eigenvalue weighted by molar-refractivity contribution is 0.102. The summed E-state index contributed by atoms with van der Waals surface area (Å²) in [6.45, 7) is 6.20. The third-order valence-corrected chi connectivity index (χ3v) is 4.83. The molecule has 0 bridgehead atoms. The van der Waals surface area contributed by atoms with Gasteiger partial charge in [-0.2, -0.15) is 0 Å².